The lowest BCUT2D eigenvalue weighted by Gasteiger charge is -2.24. The predicted octanol–water partition coefficient (Wildman–Crippen LogP) is 6.35. The molecule has 0 saturated carbocycles. The molecular formula is C29H26N2O3. The van der Waals surface area contributed by atoms with Crippen LogP contribution in [0.1, 0.15) is 45.0 Å². The maximum absolute atomic E-state index is 11.9. The number of nitrogens with zero attached hydrogens (tertiary/aromatic N) is 2. The zero-order chi connectivity index (χ0) is 23.9. The molecule has 0 aliphatic carbocycles. The summed E-state index contributed by atoms with van der Waals surface area (Å²) in [7, 11) is 0. The zero-order valence-electron chi connectivity index (χ0n) is 18.9. The molecule has 1 unspecified atom stereocenters. The van der Waals surface area contributed by atoms with Crippen LogP contribution in [0.25, 0.3) is 11.1 Å². The van der Waals surface area contributed by atoms with Crippen molar-refractivity contribution in [3.63, 3.8) is 0 Å². The third-order valence-corrected chi connectivity index (χ3v) is 6.06. The van der Waals surface area contributed by atoms with Crippen molar-refractivity contribution in [2.45, 2.75) is 25.7 Å². The molecule has 0 aliphatic heterocycles. The number of aromatic carboxylic acids is 1. The predicted molar refractivity (Wildman–Crippen MR) is 134 cm³/mol. The molecule has 1 heterocycles. The average Bonchev–Trinajstić information content (AvgIpc) is 2.88. The maximum atomic E-state index is 11.9. The summed E-state index contributed by atoms with van der Waals surface area (Å²) in [4.78, 5) is 15.9. The smallest absolute Gasteiger partial charge is 0.335 e. The molecular weight excluding hydrogens is 424 g/mol. The largest absolute Gasteiger partial charge is 0.478 e. The molecule has 0 saturated heterocycles. The molecule has 34 heavy (non-hydrogen) atoms. The van der Waals surface area contributed by atoms with Crippen LogP contribution in [0.15, 0.2) is 102 Å². The van der Waals surface area contributed by atoms with Gasteiger partial charge in [-0.1, -0.05) is 65.8 Å². The Bertz CT molecular complexity index is 1300. The van der Waals surface area contributed by atoms with Crippen LogP contribution in [0, 0.1) is 6.92 Å². The zero-order valence-corrected chi connectivity index (χ0v) is 18.9. The van der Waals surface area contributed by atoms with Gasteiger partial charge in [-0.15, -0.1) is 0 Å². The molecule has 0 aliphatic rings. The summed E-state index contributed by atoms with van der Waals surface area (Å²) in [6, 6.07) is 27.1. The van der Waals surface area contributed by atoms with Gasteiger partial charge in [0.25, 0.3) is 0 Å². The summed E-state index contributed by atoms with van der Waals surface area (Å²) in [6.07, 6.45) is 4.34. The van der Waals surface area contributed by atoms with Gasteiger partial charge in [-0.05, 0) is 64.6 Å². The average molecular weight is 451 g/mol. The van der Waals surface area contributed by atoms with E-state index in [1.807, 2.05) is 73.7 Å². The second kappa shape index (κ2) is 10.6. The minimum atomic E-state index is -0.975. The highest BCUT2D eigenvalue weighted by atomic mass is 16.4. The van der Waals surface area contributed by atoms with E-state index in [0.717, 1.165) is 33.4 Å². The Kier molecular flexibility index (Phi) is 7.13. The van der Waals surface area contributed by atoms with E-state index in [1.54, 1.807) is 24.5 Å². The van der Waals surface area contributed by atoms with Crippen molar-refractivity contribution in [3.05, 3.63) is 125 Å². The van der Waals surface area contributed by atoms with Crippen LogP contribution >= 0.6 is 0 Å². The lowest BCUT2D eigenvalue weighted by atomic mass is 9.80. The molecule has 1 aromatic heterocycles. The van der Waals surface area contributed by atoms with Gasteiger partial charge in [-0.2, -0.15) is 0 Å². The molecule has 4 rings (SSSR count). The van der Waals surface area contributed by atoms with Crippen molar-refractivity contribution in [1.82, 2.24) is 4.98 Å². The topological polar surface area (TPSA) is 82.8 Å². The highest BCUT2D eigenvalue weighted by molar-refractivity contribution is 5.90. The van der Waals surface area contributed by atoms with Crippen LogP contribution in [-0.2, 0) is 6.42 Å². The molecule has 0 radical (unpaired) electrons. The maximum Gasteiger partial charge on any atom is 0.335 e. The highest BCUT2D eigenvalue weighted by Crippen LogP contribution is 2.38. The number of carboxylic acids is 1. The summed E-state index contributed by atoms with van der Waals surface area (Å²) in [6.45, 7) is 2.05. The van der Waals surface area contributed by atoms with Gasteiger partial charge in [0.1, 0.15) is 0 Å². The van der Waals surface area contributed by atoms with Crippen molar-refractivity contribution in [1.29, 1.82) is 0 Å². The number of oxime groups is 1. The van der Waals surface area contributed by atoms with Gasteiger partial charge in [-0.25, -0.2) is 4.79 Å². The quantitative estimate of drug-likeness (QED) is 0.186. The van der Waals surface area contributed by atoms with Gasteiger partial charge in [0.15, 0.2) is 0 Å². The van der Waals surface area contributed by atoms with E-state index in [0.29, 0.717) is 18.6 Å². The van der Waals surface area contributed by atoms with Crippen LogP contribution in [0.5, 0.6) is 0 Å². The lowest BCUT2D eigenvalue weighted by Crippen LogP contribution is -2.14. The summed E-state index contributed by atoms with van der Waals surface area (Å²) >= 11 is 0. The molecule has 0 spiro atoms. The fraction of sp³-hybridized carbons (Fsp3) is 0.138. The van der Waals surface area contributed by atoms with Gasteiger partial charge >= 0.3 is 5.97 Å². The van der Waals surface area contributed by atoms with Crippen molar-refractivity contribution < 1.29 is 15.1 Å². The summed E-state index contributed by atoms with van der Waals surface area (Å²) in [5.74, 6) is -1.18. The van der Waals surface area contributed by atoms with Crippen molar-refractivity contribution in [2.24, 2.45) is 5.16 Å². The number of hydrogen-bond acceptors (Lipinski definition) is 4. The van der Waals surface area contributed by atoms with Crippen LogP contribution in [-0.4, -0.2) is 27.0 Å². The van der Waals surface area contributed by atoms with Gasteiger partial charge < -0.3 is 10.3 Å². The van der Waals surface area contributed by atoms with Crippen LogP contribution in [0.4, 0.5) is 0 Å². The number of aromatic nitrogens is 1. The van der Waals surface area contributed by atoms with E-state index in [2.05, 4.69) is 16.2 Å². The number of carboxylic acid groups (broad SMARTS) is 1. The number of aryl methyl sites for hydroxylation is 1. The normalized spacial score (nSPS) is 12.3. The van der Waals surface area contributed by atoms with E-state index >= 15 is 0 Å². The first-order valence-corrected chi connectivity index (χ1v) is 11.1. The first-order valence-electron chi connectivity index (χ1n) is 11.1. The molecule has 5 nitrogen and oxygen atoms in total. The minimum absolute atomic E-state index is 0.205. The number of pyridine rings is 1. The molecule has 1 atom stereocenters. The van der Waals surface area contributed by atoms with Gasteiger partial charge in [0.2, 0.25) is 0 Å². The van der Waals surface area contributed by atoms with Crippen LogP contribution < -0.4 is 0 Å². The van der Waals surface area contributed by atoms with Crippen LogP contribution in [0.2, 0.25) is 0 Å². The number of hydrogen-bond donors (Lipinski definition) is 2. The fourth-order valence-corrected chi connectivity index (χ4v) is 4.35. The Balaban J connectivity index is 1.86. The van der Waals surface area contributed by atoms with E-state index in [1.165, 1.54) is 0 Å². The third kappa shape index (κ3) is 5.21. The molecule has 2 N–H and O–H groups in total. The minimum Gasteiger partial charge on any atom is -0.478 e. The fourth-order valence-electron chi connectivity index (χ4n) is 4.35. The molecule has 5 heteroatoms. The Morgan fingerprint density at radius 2 is 1.62 bits per heavy atom. The Morgan fingerprint density at radius 1 is 0.912 bits per heavy atom. The molecule has 0 fully saturated rings. The summed E-state index contributed by atoms with van der Waals surface area (Å²) in [5.41, 5.74) is 6.84. The molecule has 4 aromatic rings. The van der Waals surface area contributed by atoms with E-state index in [4.69, 9.17) is 0 Å². The summed E-state index contributed by atoms with van der Waals surface area (Å²) in [5, 5.41) is 23.3. The van der Waals surface area contributed by atoms with E-state index in [-0.39, 0.29) is 11.5 Å². The van der Waals surface area contributed by atoms with Gasteiger partial charge in [0, 0.05) is 31.2 Å². The summed E-state index contributed by atoms with van der Waals surface area (Å²) < 4.78 is 0. The second-order valence-electron chi connectivity index (χ2n) is 8.28. The van der Waals surface area contributed by atoms with Crippen molar-refractivity contribution in [2.75, 3.05) is 0 Å². The Morgan fingerprint density at radius 3 is 2.29 bits per heavy atom. The molecule has 3 aromatic carbocycles. The first kappa shape index (κ1) is 22.9. The van der Waals surface area contributed by atoms with Crippen molar-refractivity contribution in [3.8, 4) is 11.1 Å². The SMILES string of the molecule is Cc1ccccc1C(CC(Cc1ccncc1)=NO)c1cc(C(=O)O)ccc1-c1ccccc1. The molecule has 170 valence electrons. The Labute approximate surface area is 199 Å². The van der Waals surface area contributed by atoms with Crippen molar-refractivity contribution >= 4 is 11.7 Å². The third-order valence-electron chi connectivity index (χ3n) is 6.06. The van der Waals surface area contributed by atoms with E-state index < -0.39 is 5.97 Å². The second-order valence-corrected chi connectivity index (χ2v) is 8.28. The lowest BCUT2D eigenvalue weighted by molar-refractivity contribution is 0.0696. The Hall–Kier alpha value is -4.25. The van der Waals surface area contributed by atoms with Gasteiger partial charge in [-0.3, -0.25) is 4.98 Å². The van der Waals surface area contributed by atoms with Crippen LogP contribution in [0.3, 0.4) is 0 Å². The number of rotatable bonds is 8. The highest BCUT2D eigenvalue weighted by Gasteiger charge is 2.24. The first-order chi connectivity index (χ1) is 16.6. The molecule has 0 amide bonds. The van der Waals surface area contributed by atoms with E-state index in [9.17, 15) is 15.1 Å². The number of carbonyl (C=O) groups is 1. The standard InChI is InChI=1S/C29H26N2O3/c1-20-7-5-6-10-25(20)28(19-24(31-34)17-21-13-15-30-16-14-21)27-18-23(29(32)33)11-12-26(27)22-8-3-2-4-9-22/h2-16,18,28,34H,17,19H2,1H3,(H,32,33). The monoisotopic (exact) mass is 450 g/mol. The van der Waals surface area contributed by atoms with Gasteiger partial charge in [0.05, 0.1) is 11.3 Å². The molecule has 0 bridgehead atoms. The number of benzene rings is 3.